The minimum atomic E-state index is 0.648. The summed E-state index contributed by atoms with van der Waals surface area (Å²) in [7, 11) is 0. The van der Waals surface area contributed by atoms with Crippen molar-refractivity contribution in [3.63, 3.8) is 0 Å². The molecule has 0 aromatic carbocycles. The Labute approximate surface area is 102 Å². The van der Waals surface area contributed by atoms with Crippen LogP contribution in [0.1, 0.15) is 58.8 Å². The normalized spacial score (nSPS) is 17.4. The molecule has 1 aliphatic rings. The fourth-order valence-electron chi connectivity index (χ4n) is 2.39. The van der Waals surface area contributed by atoms with Crippen LogP contribution in [0.5, 0.6) is 0 Å². The molecule has 0 aliphatic carbocycles. The zero-order valence-electron chi connectivity index (χ0n) is 11.3. The van der Waals surface area contributed by atoms with Crippen molar-refractivity contribution >= 4 is 0 Å². The second-order valence-corrected chi connectivity index (χ2v) is 5.43. The summed E-state index contributed by atoms with van der Waals surface area (Å²) in [6.07, 6.45) is 9.88. The van der Waals surface area contributed by atoms with E-state index in [0.29, 0.717) is 6.04 Å². The highest BCUT2D eigenvalue weighted by Gasteiger charge is 2.09. The van der Waals surface area contributed by atoms with Gasteiger partial charge in [-0.05, 0) is 51.9 Å². The lowest BCUT2D eigenvalue weighted by Crippen LogP contribution is -2.23. The van der Waals surface area contributed by atoms with Crippen LogP contribution in [0.25, 0.3) is 0 Å². The molecule has 2 heteroatoms. The molecule has 1 fully saturated rings. The van der Waals surface area contributed by atoms with Gasteiger partial charge in [-0.25, -0.2) is 0 Å². The van der Waals surface area contributed by atoms with Crippen molar-refractivity contribution in [3.05, 3.63) is 0 Å². The third-order valence-electron chi connectivity index (χ3n) is 3.40. The van der Waals surface area contributed by atoms with E-state index in [1.165, 1.54) is 71.1 Å². The number of nitrogens with zero attached hydrogens (tertiary/aromatic N) is 1. The van der Waals surface area contributed by atoms with Crippen LogP contribution >= 0.6 is 0 Å². The predicted molar refractivity (Wildman–Crippen MR) is 71.9 cm³/mol. The molecule has 0 radical (unpaired) electrons. The summed E-state index contributed by atoms with van der Waals surface area (Å²) in [6.45, 7) is 9.71. The molecule has 16 heavy (non-hydrogen) atoms. The lowest BCUT2D eigenvalue weighted by atomic mass is 10.1. The van der Waals surface area contributed by atoms with Gasteiger partial charge in [0.2, 0.25) is 0 Å². The van der Waals surface area contributed by atoms with E-state index in [0.717, 1.165) is 0 Å². The molecular formula is C14H30N2. The van der Waals surface area contributed by atoms with Crippen LogP contribution in [0, 0.1) is 0 Å². The maximum atomic E-state index is 3.47. The molecule has 96 valence electrons. The topological polar surface area (TPSA) is 15.3 Å². The quantitative estimate of drug-likeness (QED) is 0.608. The molecule has 1 saturated heterocycles. The summed E-state index contributed by atoms with van der Waals surface area (Å²) in [6, 6.07) is 0.648. The van der Waals surface area contributed by atoms with E-state index in [2.05, 4.69) is 24.1 Å². The first-order valence-corrected chi connectivity index (χ1v) is 7.25. The summed E-state index contributed by atoms with van der Waals surface area (Å²) < 4.78 is 0. The fourth-order valence-corrected chi connectivity index (χ4v) is 2.39. The number of likely N-dealkylation sites (tertiary alicyclic amines) is 1. The first-order chi connectivity index (χ1) is 7.79. The molecular weight excluding hydrogens is 196 g/mol. The van der Waals surface area contributed by atoms with Gasteiger partial charge in [-0.15, -0.1) is 0 Å². The minimum absolute atomic E-state index is 0.648. The van der Waals surface area contributed by atoms with Crippen molar-refractivity contribution in [1.29, 1.82) is 0 Å². The van der Waals surface area contributed by atoms with Crippen LogP contribution in [0.3, 0.4) is 0 Å². The van der Waals surface area contributed by atoms with E-state index in [-0.39, 0.29) is 0 Å². The van der Waals surface area contributed by atoms with Crippen LogP contribution in [0.15, 0.2) is 0 Å². The summed E-state index contributed by atoms with van der Waals surface area (Å²) >= 11 is 0. The molecule has 0 bridgehead atoms. The Morgan fingerprint density at radius 2 is 1.56 bits per heavy atom. The Bertz CT molecular complexity index is 151. The number of unbranched alkanes of at least 4 members (excludes halogenated alkanes) is 4. The van der Waals surface area contributed by atoms with Crippen LogP contribution < -0.4 is 5.32 Å². The Morgan fingerprint density at radius 1 is 0.938 bits per heavy atom. The molecule has 0 amide bonds. The van der Waals surface area contributed by atoms with Gasteiger partial charge in [0, 0.05) is 6.04 Å². The minimum Gasteiger partial charge on any atom is -0.315 e. The van der Waals surface area contributed by atoms with Crippen LogP contribution in [0.2, 0.25) is 0 Å². The summed E-state index contributed by atoms with van der Waals surface area (Å²) in [5, 5.41) is 3.47. The van der Waals surface area contributed by atoms with E-state index in [1.54, 1.807) is 0 Å². The van der Waals surface area contributed by atoms with E-state index in [1.807, 2.05) is 0 Å². The van der Waals surface area contributed by atoms with Crippen molar-refractivity contribution < 1.29 is 0 Å². The fraction of sp³-hybridized carbons (Fsp3) is 1.00. The smallest absolute Gasteiger partial charge is 0.00103 e. The number of nitrogens with one attached hydrogen (secondary N) is 1. The van der Waals surface area contributed by atoms with Crippen molar-refractivity contribution in [2.75, 3.05) is 26.2 Å². The molecule has 1 N–H and O–H groups in total. The highest BCUT2D eigenvalue weighted by atomic mass is 15.1. The molecule has 2 nitrogen and oxygen atoms in total. The maximum absolute atomic E-state index is 3.47. The largest absolute Gasteiger partial charge is 0.315 e. The van der Waals surface area contributed by atoms with Crippen LogP contribution in [-0.4, -0.2) is 37.1 Å². The Kier molecular flexibility index (Phi) is 7.87. The number of hydrogen-bond acceptors (Lipinski definition) is 2. The summed E-state index contributed by atoms with van der Waals surface area (Å²) in [5.74, 6) is 0. The molecule has 0 unspecified atom stereocenters. The Balaban J connectivity index is 1.74. The molecule has 0 aromatic rings. The first-order valence-electron chi connectivity index (χ1n) is 7.25. The van der Waals surface area contributed by atoms with Gasteiger partial charge in [0.1, 0.15) is 0 Å². The average Bonchev–Trinajstić information content (AvgIpc) is 2.74. The Morgan fingerprint density at radius 3 is 2.25 bits per heavy atom. The van der Waals surface area contributed by atoms with Gasteiger partial charge in [-0.2, -0.15) is 0 Å². The summed E-state index contributed by atoms with van der Waals surface area (Å²) in [4.78, 5) is 2.63. The molecule has 1 heterocycles. The van der Waals surface area contributed by atoms with Crippen molar-refractivity contribution in [2.45, 2.75) is 64.8 Å². The summed E-state index contributed by atoms with van der Waals surface area (Å²) in [5.41, 5.74) is 0. The van der Waals surface area contributed by atoms with Crippen LogP contribution in [0.4, 0.5) is 0 Å². The van der Waals surface area contributed by atoms with Gasteiger partial charge in [0.05, 0.1) is 0 Å². The average molecular weight is 226 g/mol. The van der Waals surface area contributed by atoms with Crippen LogP contribution in [-0.2, 0) is 0 Å². The number of hydrogen-bond donors (Lipinski definition) is 1. The van der Waals surface area contributed by atoms with E-state index < -0.39 is 0 Å². The van der Waals surface area contributed by atoms with Gasteiger partial charge >= 0.3 is 0 Å². The lowest BCUT2D eigenvalue weighted by molar-refractivity contribution is 0.327. The van der Waals surface area contributed by atoms with Crippen molar-refractivity contribution in [2.24, 2.45) is 0 Å². The molecule has 0 spiro atoms. The lowest BCUT2D eigenvalue weighted by Gasteiger charge is -2.13. The van der Waals surface area contributed by atoms with Crippen molar-refractivity contribution in [3.8, 4) is 0 Å². The van der Waals surface area contributed by atoms with Gasteiger partial charge in [0.25, 0.3) is 0 Å². The zero-order chi connectivity index (χ0) is 11.6. The van der Waals surface area contributed by atoms with E-state index in [9.17, 15) is 0 Å². The van der Waals surface area contributed by atoms with Crippen molar-refractivity contribution in [1.82, 2.24) is 10.2 Å². The number of rotatable bonds is 9. The van der Waals surface area contributed by atoms with E-state index >= 15 is 0 Å². The second-order valence-electron chi connectivity index (χ2n) is 5.43. The maximum Gasteiger partial charge on any atom is 0.00103 e. The van der Waals surface area contributed by atoms with Gasteiger partial charge in [-0.3, -0.25) is 0 Å². The molecule has 0 atom stereocenters. The third kappa shape index (κ3) is 7.24. The Hall–Kier alpha value is -0.0800. The zero-order valence-corrected chi connectivity index (χ0v) is 11.3. The standard InChI is InChI=1S/C14H30N2/c1-14(2)15-10-6-4-3-5-7-11-16-12-8-9-13-16/h14-15H,3-13H2,1-2H3. The van der Waals surface area contributed by atoms with Gasteiger partial charge in [-0.1, -0.05) is 33.1 Å². The molecule has 0 saturated carbocycles. The SMILES string of the molecule is CC(C)NCCCCCCCN1CCCC1. The highest BCUT2D eigenvalue weighted by Crippen LogP contribution is 2.10. The second kappa shape index (κ2) is 9.00. The van der Waals surface area contributed by atoms with E-state index in [4.69, 9.17) is 0 Å². The molecule has 0 aromatic heterocycles. The first kappa shape index (κ1) is 14.0. The highest BCUT2D eigenvalue weighted by molar-refractivity contribution is 4.65. The molecule has 1 aliphatic heterocycles. The predicted octanol–water partition coefficient (Wildman–Crippen LogP) is 3.03. The third-order valence-corrected chi connectivity index (χ3v) is 3.40. The van der Waals surface area contributed by atoms with Gasteiger partial charge < -0.3 is 10.2 Å². The monoisotopic (exact) mass is 226 g/mol. The van der Waals surface area contributed by atoms with Gasteiger partial charge in [0.15, 0.2) is 0 Å². The molecule has 1 rings (SSSR count).